The number of halogens is 1. The van der Waals surface area contributed by atoms with Gasteiger partial charge >= 0.3 is 0 Å². The Bertz CT molecular complexity index is 312. The molecule has 0 saturated carbocycles. The van der Waals surface area contributed by atoms with Gasteiger partial charge in [0.05, 0.1) is 0 Å². The molecule has 0 atom stereocenters. The van der Waals surface area contributed by atoms with Gasteiger partial charge in [0, 0.05) is 18.5 Å². The fourth-order valence-electron chi connectivity index (χ4n) is 1.15. The maximum absolute atomic E-state index is 13.1. The molecule has 0 aromatic heterocycles. The van der Waals surface area contributed by atoms with Crippen LogP contribution in [0, 0.1) is 5.82 Å². The van der Waals surface area contributed by atoms with Gasteiger partial charge in [-0.3, -0.25) is 4.79 Å². The van der Waals surface area contributed by atoms with Gasteiger partial charge in [-0.05, 0) is 12.5 Å². The first kappa shape index (κ1) is 10.7. The van der Waals surface area contributed by atoms with Crippen LogP contribution < -0.4 is 5.32 Å². The molecule has 1 aromatic carbocycles. The molecule has 1 aromatic rings. The lowest BCUT2D eigenvalue weighted by molar-refractivity contribution is -0.121. The molecule has 0 aliphatic heterocycles. The first-order valence-electron chi connectivity index (χ1n) is 4.74. The largest absolute Gasteiger partial charge is 0.352 e. The summed E-state index contributed by atoms with van der Waals surface area (Å²) in [6.07, 6.45) is 1.30. The van der Waals surface area contributed by atoms with E-state index in [0.29, 0.717) is 12.0 Å². The summed E-state index contributed by atoms with van der Waals surface area (Å²) in [5.41, 5.74) is 0.525. The molecule has 1 rings (SSSR count). The Morgan fingerprint density at radius 2 is 2.14 bits per heavy atom. The number of nitrogens with one attached hydrogen (secondary N) is 1. The van der Waals surface area contributed by atoms with E-state index >= 15 is 0 Å². The van der Waals surface area contributed by atoms with Crippen LogP contribution in [0.1, 0.15) is 25.3 Å². The third-order valence-electron chi connectivity index (χ3n) is 1.91. The monoisotopic (exact) mass is 195 g/mol. The highest BCUT2D eigenvalue weighted by atomic mass is 19.1. The molecule has 1 N–H and O–H groups in total. The van der Waals surface area contributed by atoms with Gasteiger partial charge in [0.2, 0.25) is 5.91 Å². The van der Waals surface area contributed by atoms with Crippen molar-refractivity contribution in [3.05, 3.63) is 35.6 Å². The fraction of sp³-hybridized carbons (Fsp3) is 0.364. The average molecular weight is 195 g/mol. The van der Waals surface area contributed by atoms with Crippen LogP contribution in [0.15, 0.2) is 24.3 Å². The van der Waals surface area contributed by atoms with Crippen molar-refractivity contribution >= 4 is 5.91 Å². The molecule has 0 saturated heterocycles. The fourth-order valence-corrected chi connectivity index (χ4v) is 1.15. The lowest BCUT2D eigenvalue weighted by Crippen LogP contribution is -2.22. The highest BCUT2D eigenvalue weighted by Gasteiger charge is 2.02. The molecule has 0 aliphatic carbocycles. The van der Waals surface area contributed by atoms with E-state index in [1.807, 2.05) is 6.92 Å². The van der Waals surface area contributed by atoms with Gasteiger partial charge in [-0.1, -0.05) is 25.1 Å². The van der Waals surface area contributed by atoms with E-state index < -0.39 is 0 Å². The molecule has 14 heavy (non-hydrogen) atoms. The van der Waals surface area contributed by atoms with E-state index in [9.17, 15) is 9.18 Å². The summed E-state index contributed by atoms with van der Waals surface area (Å²) in [4.78, 5) is 11.1. The molecule has 76 valence electrons. The van der Waals surface area contributed by atoms with Crippen LogP contribution in [-0.4, -0.2) is 5.91 Å². The molecule has 0 aliphatic rings. The van der Waals surface area contributed by atoms with Crippen molar-refractivity contribution in [3.8, 4) is 0 Å². The van der Waals surface area contributed by atoms with Crippen molar-refractivity contribution in [2.75, 3.05) is 0 Å². The summed E-state index contributed by atoms with van der Waals surface area (Å²) in [5.74, 6) is -0.306. The van der Waals surface area contributed by atoms with Crippen LogP contribution in [0.4, 0.5) is 4.39 Å². The SMILES string of the molecule is CCCC(=O)NCc1ccccc1F. The summed E-state index contributed by atoms with van der Waals surface area (Å²) in [7, 11) is 0. The van der Waals surface area contributed by atoms with Crippen LogP contribution in [0.2, 0.25) is 0 Å². The van der Waals surface area contributed by atoms with E-state index in [0.717, 1.165) is 6.42 Å². The molecular formula is C11H14FNO. The van der Waals surface area contributed by atoms with Crippen molar-refractivity contribution in [1.29, 1.82) is 0 Å². The van der Waals surface area contributed by atoms with E-state index in [-0.39, 0.29) is 18.3 Å². The molecule has 1 amide bonds. The molecule has 2 nitrogen and oxygen atoms in total. The van der Waals surface area contributed by atoms with E-state index in [4.69, 9.17) is 0 Å². The van der Waals surface area contributed by atoms with Crippen molar-refractivity contribution in [2.45, 2.75) is 26.3 Å². The summed E-state index contributed by atoms with van der Waals surface area (Å²) in [6.45, 7) is 2.20. The molecule has 0 fully saturated rings. The van der Waals surface area contributed by atoms with Crippen LogP contribution in [0.5, 0.6) is 0 Å². The van der Waals surface area contributed by atoms with Gasteiger partial charge in [0.15, 0.2) is 0 Å². The molecule has 0 heterocycles. The number of carbonyl (C=O) groups is 1. The minimum absolute atomic E-state index is 0.0317. The number of carbonyl (C=O) groups excluding carboxylic acids is 1. The zero-order valence-electron chi connectivity index (χ0n) is 8.22. The number of rotatable bonds is 4. The molecule has 0 unspecified atom stereocenters. The molecular weight excluding hydrogens is 181 g/mol. The van der Waals surface area contributed by atoms with E-state index in [1.165, 1.54) is 6.07 Å². The number of hydrogen-bond donors (Lipinski definition) is 1. The van der Waals surface area contributed by atoms with Crippen LogP contribution in [0.3, 0.4) is 0 Å². The molecule has 0 bridgehead atoms. The Balaban J connectivity index is 2.46. The van der Waals surface area contributed by atoms with Gasteiger partial charge in [0.1, 0.15) is 5.82 Å². The zero-order valence-corrected chi connectivity index (χ0v) is 8.22. The van der Waals surface area contributed by atoms with Gasteiger partial charge in [0.25, 0.3) is 0 Å². The van der Waals surface area contributed by atoms with Gasteiger partial charge in [-0.15, -0.1) is 0 Å². The normalized spacial score (nSPS) is 9.86. The zero-order chi connectivity index (χ0) is 10.4. The highest BCUT2D eigenvalue weighted by molar-refractivity contribution is 5.75. The summed E-state index contributed by atoms with van der Waals surface area (Å²) in [5, 5.41) is 2.66. The Hall–Kier alpha value is -1.38. The predicted molar refractivity (Wildman–Crippen MR) is 53.2 cm³/mol. The van der Waals surface area contributed by atoms with Gasteiger partial charge in [-0.25, -0.2) is 4.39 Å². The van der Waals surface area contributed by atoms with Crippen molar-refractivity contribution in [1.82, 2.24) is 5.32 Å². The maximum atomic E-state index is 13.1. The first-order chi connectivity index (χ1) is 6.74. The average Bonchev–Trinajstić information content (AvgIpc) is 2.17. The second-order valence-electron chi connectivity index (χ2n) is 3.12. The van der Waals surface area contributed by atoms with Crippen molar-refractivity contribution < 1.29 is 9.18 Å². The lowest BCUT2D eigenvalue weighted by atomic mass is 10.2. The highest BCUT2D eigenvalue weighted by Crippen LogP contribution is 2.05. The minimum atomic E-state index is -0.274. The lowest BCUT2D eigenvalue weighted by Gasteiger charge is -2.04. The van der Waals surface area contributed by atoms with Gasteiger partial charge < -0.3 is 5.32 Å². The molecule has 3 heteroatoms. The van der Waals surface area contributed by atoms with E-state index in [2.05, 4.69) is 5.32 Å². The Morgan fingerprint density at radius 1 is 1.43 bits per heavy atom. The number of amides is 1. The van der Waals surface area contributed by atoms with Gasteiger partial charge in [-0.2, -0.15) is 0 Å². The molecule has 0 radical (unpaired) electrons. The van der Waals surface area contributed by atoms with Crippen LogP contribution in [0.25, 0.3) is 0 Å². The van der Waals surface area contributed by atoms with Crippen LogP contribution in [-0.2, 0) is 11.3 Å². The summed E-state index contributed by atoms with van der Waals surface area (Å²) in [6, 6.07) is 6.44. The third-order valence-corrected chi connectivity index (χ3v) is 1.91. The van der Waals surface area contributed by atoms with Crippen molar-refractivity contribution in [2.24, 2.45) is 0 Å². The third kappa shape index (κ3) is 3.17. The second kappa shape index (κ2) is 5.37. The quantitative estimate of drug-likeness (QED) is 0.784. The minimum Gasteiger partial charge on any atom is -0.352 e. The maximum Gasteiger partial charge on any atom is 0.220 e. The Kier molecular flexibility index (Phi) is 4.11. The molecule has 0 spiro atoms. The van der Waals surface area contributed by atoms with Crippen molar-refractivity contribution in [3.63, 3.8) is 0 Å². The standard InChI is InChI=1S/C11H14FNO/c1-2-5-11(14)13-8-9-6-3-4-7-10(9)12/h3-4,6-7H,2,5,8H2,1H3,(H,13,14). The first-order valence-corrected chi connectivity index (χ1v) is 4.74. The summed E-state index contributed by atoms with van der Waals surface area (Å²) < 4.78 is 13.1. The number of benzene rings is 1. The smallest absolute Gasteiger partial charge is 0.220 e. The second-order valence-corrected chi connectivity index (χ2v) is 3.12. The van der Waals surface area contributed by atoms with E-state index in [1.54, 1.807) is 18.2 Å². The predicted octanol–water partition coefficient (Wildman–Crippen LogP) is 2.24. The Labute approximate surface area is 83.1 Å². The summed E-state index contributed by atoms with van der Waals surface area (Å²) >= 11 is 0. The topological polar surface area (TPSA) is 29.1 Å². The van der Waals surface area contributed by atoms with Crippen LogP contribution >= 0.6 is 0 Å². The number of hydrogen-bond acceptors (Lipinski definition) is 1. The Morgan fingerprint density at radius 3 is 2.79 bits per heavy atom.